The van der Waals surface area contributed by atoms with E-state index in [4.69, 9.17) is 0 Å². The summed E-state index contributed by atoms with van der Waals surface area (Å²) >= 11 is 0. The molecule has 0 spiro atoms. The van der Waals surface area contributed by atoms with Crippen LogP contribution in [0.3, 0.4) is 0 Å². The molecule has 0 unspecified atom stereocenters. The lowest BCUT2D eigenvalue weighted by Crippen LogP contribution is -2.27. The van der Waals surface area contributed by atoms with Crippen LogP contribution in [-0.4, -0.2) is 48.3 Å². The van der Waals surface area contributed by atoms with Crippen molar-refractivity contribution in [3.8, 4) is 0 Å². The number of amides is 2. The van der Waals surface area contributed by atoms with Gasteiger partial charge in [0.25, 0.3) is 0 Å². The second kappa shape index (κ2) is 11.0. The molecule has 0 bridgehead atoms. The van der Waals surface area contributed by atoms with Crippen molar-refractivity contribution in [1.29, 1.82) is 0 Å². The van der Waals surface area contributed by atoms with Crippen LogP contribution in [0.2, 0.25) is 0 Å². The van der Waals surface area contributed by atoms with Crippen LogP contribution >= 0.6 is 0 Å². The lowest BCUT2D eigenvalue weighted by Gasteiger charge is -2.14. The molecule has 4 nitrogen and oxygen atoms in total. The molecule has 0 saturated heterocycles. The highest BCUT2D eigenvalue weighted by Crippen LogP contribution is 1.84. The molecule has 0 fully saturated rings. The first-order chi connectivity index (χ1) is 7.06. The molecule has 2 amide bonds. The third-order valence-electron chi connectivity index (χ3n) is 2.17. The molecule has 0 aromatic carbocycles. The maximum absolute atomic E-state index is 10.5. The largest absolute Gasteiger partial charge is 0.346 e. The fourth-order valence-electron chi connectivity index (χ4n) is 1.04. The minimum absolute atomic E-state index is 0.162. The summed E-state index contributed by atoms with van der Waals surface area (Å²) in [5.74, 6) is 0.162. The van der Waals surface area contributed by atoms with E-state index in [1.807, 2.05) is 27.7 Å². The number of hydrogen-bond acceptors (Lipinski definition) is 2. The first-order valence-electron chi connectivity index (χ1n) is 5.51. The van der Waals surface area contributed by atoms with Crippen molar-refractivity contribution in [2.75, 3.05) is 26.2 Å². The zero-order chi connectivity index (χ0) is 12.3. The molecule has 0 radical (unpaired) electrons. The Bertz CT molecular complexity index is 164. The molecule has 0 aromatic heterocycles. The summed E-state index contributed by atoms with van der Waals surface area (Å²) in [5.41, 5.74) is 0. The van der Waals surface area contributed by atoms with E-state index in [0.29, 0.717) is 0 Å². The SMILES string of the molecule is CCN(C=O)CC.CCN(CC)C(C)=O. The molecule has 4 heteroatoms. The number of rotatable bonds is 5. The monoisotopic (exact) mass is 216 g/mol. The predicted molar refractivity (Wildman–Crippen MR) is 62.6 cm³/mol. The van der Waals surface area contributed by atoms with Gasteiger partial charge >= 0.3 is 0 Å². The number of carbonyl (C=O) groups is 2. The molecule has 0 aliphatic heterocycles. The van der Waals surface area contributed by atoms with Crippen LogP contribution in [-0.2, 0) is 9.59 Å². The normalized spacial score (nSPS) is 8.60. The van der Waals surface area contributed by atoms with Gasteiger partial charge in [0.1, 0.15) is 0 Å². The van der Waals surface area contributed by atoms with Crippen molar-refractivity contribution in [3.05, 3.63) is 0 Å². The fourth-order valence-corrected chi connectivity index (χ4v) is 1.04. The first kappa shape index (κ1) is 16.4. The molecule has 0 saturated carbocycles. The second-order valence-electron chi connectivity index (χ2n) is 3.02. The molecule has 0 aliphatic carbocycles. The van der Waals surface area contributed by atoms with E-state index >= 15 is 0 Å². The van der Waals surface area contributed by atoms with Gasteiger partial charge in [-0.25, -0.2) is 0 Å². The van der Waals surface area contributed by atoms with E-state index in [1.165, 1.54) is 0 Å². The predicted octanol–water partition coefficient (Wildman–Crippen LogP) is 1.36. The third kappa shape index (κ3) is 9.25. The quantitative estimate of drug-likeness (QED) is 0.651. The van der Waals surface area contributed by atoms with Gasteiger partial charge in [-0.1, -0.05) is 0 Å². The van der Waals surface area contributed by atoms with Crippen LogP contribution in [0.15, 0.2) is 0 Å². The summed E-state index contributed by atoms with van der Waals surface area (Å²) in [6, 6.07) is 0. The van der Waals surface area contributed by atoms with Crippen molar-refractivity contribution in [1.82, 2.24) is 9.80 Å². The van der Waals surface area contributed by atoms with Gasteiger partial charge < -0.3 is 9.80 Å². The molecule has 0 rings (SSSR count). The van der Waals surface area contributed by atoms with Gasteiger partial charge in [-0.15, -0.1) is 0 Å². The van der Waals surface area contributed by atoms with Crippen molar-refractivity contribution in [2.45, 2.75) is 34.6 Å². The van der Waals surface area contributed by atoms with Crippen LogP contribution < -0.4 is 0 Å². The zero-order valence-electron chi connectivity index (χ0n) is 10.6. The molecule has 90 valence electrons. The second-order valence-corrected chi connectivity index (χ2v) is 3.02. The third-order valence-corrected chi connectivity index (χ3v) is 2.17. The van der Waals surface area contributed by atoms with Gasteiger partial charge in [0.2, 0.25) is 12.3 Å². The Labute approximate surface area is 93.2 Å². The summed E-state index contributed by atoms with van der Waals surface area (Å²) in [4.78, 5) is 23.9. The van der Waals surface area contributed by atoms with Gasteiger partial charge in [0.05, 0.1) is 0 Å². The van der Waals surface area contributed by atoms with Gasteiger partial charge in [0, 0.05) is 33.1 Å². The molecule has 0 heterocycles. The van der Waals surface area contributed by atoms with Crippen LogP contribution in [0.25, 0.3) is 0 Å². The lowest BCUT2D eigenvalue weighted by molar-refractivity contribution is -0.128. The Morgan fingerprint density at radius 3 is 1.40 bits per heavy atom. The Hall–Kier alpha value is -1.06. The van der Waals surface area contributed by atoms with Crippen molar-refractivity contribution < 1.29 is 9.59 Å². The summed E-state index contributed by atoms with van der Waals surface area (Å²) < 4.78 is 0. The highest BCUT2D eigenvalue weighted by molar-refractivity contribution is 5.73. The highest BCUT2D eigenvalue weighted by Gasteiger charge is 1.99. The average molecular weight is 216 g/mol. The van der Waals surface area contributed by atoms with Crippen molar-refractivity contribution in [2.24, 2.45) is 0 Å². The van der Waals surface area contributed by atoms with Gasteiger partial charge in [-0.2, -0.15) is 0 Å². The highest BCUT2D eigenvalue weighted by atomic mass is 16.2. The molecule has 0 aliphatic rings. The van der Waals surface area contributed by atoms with Gasteiger partial charge in [-0.05, 0) is 27.7 Å². The van der Waals surface area contributed by atoms with Crippen molar-refractivity contribution in [3.63, 3.8) is 0 Å². The van der Waals surface area contributed by atoms with E-state index in [1.54, 1.807) is 16.7 Å². The number of nitrogens with zero attached hydrogens (tertiary/aromatic N) is 2. The smallest absolute Gasteiger partial charge is 0.219 e. The Balaban J connectivity index is 0. The van der Waals surface area contributed by atoms with E-state index in [-0.39, 0.29) is 5.91 Å². The summed E-state index contributed by atoms with van der Waals surface area (Å²) in [6.07, 6.45) is 0.861. The molecule has 0 N–H and O–H groups in total. The van der Waals surface area contributed by atoms with Crippen LogP contribution in [0.1, 0.15) is 34.6 Å². The molecule has 15 heavy (non-hydrogen) atoms. The lowest BCUT2D eigenvalue weighted by atomic mass is 10.5. The van der Waals surface area contributed by atoms with Gasteiger partial charge in [0.15, 0.2) is 0 Å². The van der Waals surface area contributed by atoms with Crippen LogP contribution in [0.4, 0.5) is 0 Å². The van der Waals surface area contributed by atoms with E-state index in [0.717, 1.165) is 32.6 Å². The average Bonchev–Trinajstić information content (AvgIpc) is 2.22. The Morgan fingerprint density at radius 1 is 1.00 bits per heavy atom. The van der Waals surface area contributed by atoms with Gasteiger partial charge in [-0.3, -0.25) is 9.59 Å². The fraction of sp³-hybridized carbons (Fsp3) is 0.818. The molecule has 0 atom stereocenters. The van der Waals surface area contributed by atoms with E-state index < -0.39 is 0 Å². The Kier molecular flexibility index (Phi) is 12.0. The van der Waals surface area contributed by atoms with Crippen molar-refractivity contribution >= 4 is 12.3 Å². The van der Waals surface area contributed by atoms with Crippen LogP contribution in [0.5, 0.6) is 0 Å². The summed E-state index contributed by atoms with van der Waals surface area (Å²) in [6.45, 7) is 12.7. The standard InChI is InChI=1S/C6H13NO.C5H11NO/c1-4-7(5-2)6(3)8;1-3-6(4-2)5-7/h4-5H2,1-3H3;5H,3-4H2,1-2H3. The Morgan fingerprint density at radius 2 is 1.40 bits per heavy atom. The van der Waals surface area contributed by atoms with E-state index in [2.05, 4.69) is 0 Å². The van der Waals surface area contributed by atoms with E-state index in [9.17, 15) is 9.59 Å². The number of hydrogen-bond donors (Lipinski definition) is 0. The number of carbonyl (C=O) groups excluding carboxylic acids is 2. The topological polar surface area (TPSA) is 40.6 Å². The molecule has 0 aromatic rings. The minimum atomic E-state index is 0.162. The summed E-state index contributed by atoms with van der Waals surface area (Å²) in [5, 5.41) is 0. The summed E-state index contributed by atoms with van der Waals surface area (Å²) in [7, 11) is 0. The molecular formula is C11H24N2O2. The minimum Gasteiger partial charge on any atom is -0.346 e. The maximum atomic E-state index is 10.5. The molecular weight excluding hydrogens is 192 g/mol. The first-order valence-corrected chi connectivity index (χ1v) is 5.51. The maximum Gasteiger partial charge on any atom is 0.219 e. The van der Waals surface area contributed by atoms with Crippen LogP contribution in [0, 0.1) is 0 Å². The zero-order valence-corrected chi connectivity index (χ0v) is 10.6.